The number of hydrogen-bond donors (Lipinski definition) is 2. The number of likely N-dealkylation sites (tertiary alicyclic amines) is 1. The number of rotatable bonds is 4. The van der Waals surface area contributed by atoms with E-state index in [1.165, 1.54) is 0 Å². The third-order valence-corrected chi connectivity index (χ3v) is 4.85. The summed E-state index contributed by atoms with van der Waals surface area (Å²) >= 11 is 5.86. The first-order valence-corrected chi connectivity index (χ1v) is 8.54. The van der Waals surface area contributed by atoms with E-state index in [-0.39, 0.29) is 17.7 Å². The minimum Gasteiger partial charge on any atom is -0.355 e. The molecule has 0 radical (unpaired) electrons. The van der Waals surface area contributed by atoms with Crippen molar-refractivity contribution in [1.29, 1.82) is 0 Å². The van der Waals surface area contributed by atoms with Crippen LogP contribution in [0, 0.1) is 11.8 Å². The molecule has 1 atom stereocenters. The molecular formula is C17H22ClN3O2. The van der Waals surface area contributed by atoms with Crippen molar-refractivity contribution in [2.75, 3.05) is 32.7 Å². The minimum absolute atomic E-state index is 0.0256. The Morgan fingerprint density at radius 1 is 1.26 bits per heavy atom. The molecule has 0 aromatic heterocycles. The summed E-state index contributed by atoms with van der Waals surface area (Å²) < 4.78 is 0. The van der Waals surface area contributed by atoms with Crippen molar-refractivity contribution in [3.05, 3.63) is 34.9 Å². The number of amides is 2. The molecule has 0 aliphatic carbocycles. The molecule has 1 unspecified atom stereocenters. The molecule has 1 aromatic carbocycles. The first kappa shape index (κ1) is 16.3. The summed E-state index contributed by atoms with van der Waals surface area (Å²) in [5.41, 5.74) is 0.621. The normalized spacial score (nSPS) is 21.6. The number of halogens is 1. The van der Waals surface area contributed by atoms with Gasteiger partial charge in [-0.25, -0.2) is 0 Å². The van der Waals surface area contributed by atoms with Gasteiger partial charge in [-0.05, 0) is 37.1 Å². The zero-order valence-corrected chi connectivity index (χ0v) is 13.8. The molecule has 0 saturated carbocycles. The Labute approximate surface area is 141 Å². The molecule has 2 aliphatic rings. The fourth-order valence-corrected chi connectivity index (χ4v) is 3.16. The van der Waals surface area contributed by atoms with E-state index in [4.69, 9.17) is 11.6 Å². The molecule has 2 saturated heterocycles. The van der Waals surface area contributed by atoms with Gasteiger partial charge >= 0.3 is 0 Å². The molecule has 2 fully saturated rings. The van der Waals surface area contributed by atoms with E-state index in [1.807, 2.05) is 0 Å². The van der Waals surface area contributed by atoms with Gasteiger partial charge in [0.2, 0.25) is 5.91 Å². The number of hydrogen-bond acceptors (Lipinski definition) is 3. The third kappa shape index (κ3) is 4.03. The van der Waals surface area contributed by atoms with Crippen LogP contribution in [0.3, 0.4) is 0 Å². The quantitative estimate of drug-likeness (QED) is 0.877. The summed E-state index contributed by atoms with van der Waals surface area (Å²) in [7, 11) is 0. The number of carbonyl (C=O) groups excluding carboxylic acids is 2. The Bertz CT molecular complexity index is 572. The van der Waals surface area contributed by atoms with Gasteiger partial charge in [-0.3, -0.25) is 9.59 Å². The highest BCUT2D eigenvalue weighted by molar-refractivity contribution is 6.30. The molecule has 1 aromatic rings. The largest absolute Gasteiger partial charge is 0.355 e. The van der Waals surface area contributed by atoms with Crippen LogP contribution in [0.4, 0.5) is 0 Å². The summed E-state index contributed by atoms with van der Waals surface area (Å²) in [6.07, 6.45) is 1.71. The van der Waals surface area contributed by atoms with E-state index in [1.54, 1.807) is 29.2 Å². The molecule has 2 aliphatic heterocycles. The highest BCUT2D eigenvalue weighted by Crippen LogP contribution is 2.20. The maximum absolute atomic E-state index is 12.5. The van der Waals surface area contributed by atoms with Crippen LogP contribution in [-0.2, 0) is 4.79 Å². The summed E-state index contributed by atoms with van der Waals surface area (Å²) in [6.45, 7) is 3.89. The van der Waals surface area contributed by atoms with Crippen molar-refractivity contribution in [2.24, 2.45) is 11.8 Å². The van der Waals surface area contributed by atoms with Gasteiger partial charge in [-0.15, -0.1) is 0 Å². The zero-order valence-electron chi connectivity index (χ0n) is 13.1. The second-order valence-corrected chi connectivity index (χ2v) is 6.80. The Balaban J connectivity index is 1.55. The third-order valence-electron chi connectivity index (χ3n) is 4.60. The van der Waals surface area contributed by atoms with Gasteiger partial charge in [-0.1, -0.05) is 11.6 Å². The Morgan fingerprint density at radius 3 is 2.65 bits per heavy atom. The Kier molecular flexibility index (Phi) is 5.18. The topological polar surface area (TPSA) is 61.4 Å². The SMILES string of the molecule is O=C(NCC1CNC1)C1CCCN(C(=O)c2ccc(Cl)cc2)C1. The molecule has 6 heteroatoms. The van der Waals surface area contributed by atoms with Crippen molar-refractivity contribution in [3.8, 4) is 0 Å². The molecule has 2 N–H and O–H groups in total. The van der Waals surface area contributed by atoms with Crippen LogP contribution in [0.2, 0.25) is 5.02 Å². The smallest absolute Gasteiger partial charge is 0.253 e. The van der Waals surface area contributed by atoms with Gasteiger partial charge in [0, 0.05) is 49.2 Å². The lowest BCUT2D eigenvalue weighted by Crippen LogP contribution is -2.50. The number of carbonyl (C=O) groups is 2. The summed E-state index contributed by atoms with van der Waals surface area (Å²) in [5.74, 6) is 0.496. The molecule has 23 heavy (non-hydrogen) atoms. The van der Waals surface area contributed by atoms with E-state index in [0.717, 1.165) is 32.5 Å². The molecule has 3 rings (SSSR count). The predicted octanol–water partition coefficient (Wildman–Crippen LogP) is 1.53. The standard InChI is InChI=1S/C17H22ClN3O2/c18-15-5-3-13(4-6-15)17(23)21-7-1-2-14(11-21)16(22)20-10-12-8-19-9-12/h3-6,12,14,19H,1-2,7-11H2,(H,20,22). The van der Waals surface area contributed by atoms with Crippen LogP contribution in [0.25, 0.3) is 0 Å². The van der Waals surface area contributed by atoms with E-state index < -0.39 is 0 Å². The molecule has 0 spiro atoms. The van der Waals surface area contributed by atoms with E-state index in [9.17, 15) is 9.59 Å². The van der Waals surface area contributed by atoms with E-state index in [2.05, 4.69) is 10.6 Å². The van der Waals surface area contributed by atoms with Gasteiger partial charge in [0.05, 0.1) is 5.92 Å². The fraction of sp³-hybridized carbons (Fsp3) is 0.529. The maximum atomic E-state index is 12.5. The lowest BCUT2D eigenvalue weighted by atomic mass is 9.95. The maximum Gasteiger partial charge on any atom is 0.253 e. The van der Waals surface area contributed by atoms with Crippen molar-refractivity contribution in [2.45, 2.75) is 12.8 Å². The number of piperidine rings is 1. The summed E-state index contributed by atoms with van der Waals surface area (Å²) in [5, 5.41) is 6.84. The Morgan fingerprint density at radius 2 is 2.00 bits per heavy atom. The first-order valence-electron chi connectivity index (χ1n) is 8.17. The number of nitrogens with zero attached hydrogens (tertiary/aromatic N) is 1. The number of benzene rings is 1. The minimum atomic E-state index is -0.104. The fourth-order valence-electron chi connectivity index (χ4n) is 3.03. The number of nitrogens with one attached hydrogen (secondary N) is 2. The molecule has 5 nitrogen and oxygen atoms in total. The van der Waals surface area contributed by atoms with E-state index >= 15 is 0 Å². The lowest BCUT2D eigenvalue weighted by Gasteiger charge is -2.33. The summed E-state index contributed by atoms with van der Waals surface area (Å²) in [6, 6.07) is 6.90. The highest BCUT2D eigenvalue weighted by atomic mass is 35.5. The van der Waals surface area contributed by atoms with Crippen molar-refractivity contribution < 1.29 is 9.59 Å². The van der Waals surface area contributed by atoms with Gasteiger partial charge in [0.1, 0.15) is 0 Å². The van der Waals surface area contributed by atoms with Gasteiger partial charge in [0.25, 0.3) is 5.91 Å². The van der Waals surface area contributed by atoms with Crippen molar-refractivity contribution in [1.82, 2.24) is 15.5 Å². The average molecular weight is 336 g/mol. The second kappa shape index (κ2) is 7.32. The molecule has 0 bridgehead atoms. The van der Waals surface area contributed by atoms with Crippen LogP contribution >= 0.6 is 11.6 Å². The summed E-state index contributed by atoms with van der Waals surface area (Å²) in [4.78, 5) is 26.6. The van der Waals surface area contributed by atoms with Crippen LogP contribution in [0.5, 0.6) is 0 Å². The molecule has 124 valence electrons. The van der Waals surface area contributed by atoms with Crippen LogP contribution in [0.15, 0.2) is 24.3 Å². The first-order chi connectivity index (χ1) is 11.1. The van der Waals surface area contributed by atoms with Crippen molar-refractivity contribution in [3.63, 3.8) is 0 Å². The zero-order chi connectivity index (χ0) is 16.2. The lowest BCUT2D eigenvalue weighted by molar-refractivity contribution is -0.126. The van der Waals surface area contributed by atoms with Crippen molar-refractivity contribution >= 4 is 23.4 Å². The van der Waals surface area contributed by atoms with Gasteiger partial charge in [-0.2, -0.15) is 0 Å². The van der Waals surface area contributed by atoms with Crippen LogP contribution < -0.4 is 10.6 Å². The Hall–Kier alpha value is -1.59. The van der Waals surface area contributed by atoms with Gasteiger partial charge in [0.15, 0.2) is 0 Å². The molecule has 2 amide bonds. The predicted molar refractivity (Wildman–Crippen MR) is 89.4 cm³/mol. The van der Waals surface area contributed by atoms with Crippen LogP contribution in [0.1, 0.15) is 23.2 Å². The molecule has 2 heterocycles. The average Bonchev–Trinajstić information content (AvgIpc) is 2.53. The van der Waals surface area contributed by atoms with Crippen LogP contribution in [-0.4, -0.2) is 49.4 Å². The second-order valence-electron chi connectivity index (χ2n) is 6.37. The molecular weight excluding hydrogens is 314 g/mol. The van der Waals surface area contributed by atoms with Gasteiger partial charge < -0.3 is 15.5 Å². The van der Waals surface area contributed by atoms with E-state index in [0.29, 0.717) is 29.6 Å². The monoisotopic (exact) mass is 335 g/mol. The highest BCUT2D eigenvalue weighted by Gasteiger charge is 2.29.